The Labute approximate surface area is 189 Å². The maximum absolute atomic E-state index is 10.5. The molecule has 0 atom stereocenters. The van der Waals surface area contributed by atoms with Gasteiger partial charge in [0.2, 0.25) is 0 Å². The Bertz CT molecular complexity index is 1070. The van der Waals surface area contributed by atoms with Crippen molar-refractivity contribution in [3.05, 3.63) is 88.5 Å². The van der Waals surface area contributed by atoms with Crippen LogP contribution in [-0.4, -0.2) is 4.98 Å². The van der Waals surface area contributed by atoms with Gasteiger partial charge in [-0.25, -0.2) is 0 Å². The number of phosphoric ester groups is 1. The predicted octanol–water partition coefficient (Wildman–Crippen LogP) is 2.87. The summed E-state index contributed by atoms with van der Waals surface area (Å²) in [4.78, 5) is 23.7. The number of benzene rings is 3. The molecule has 164 valence electrons. The first-order chi connectivity index (χ1) is 14.5. The number of aryl methyl sites for hydroxylation is 2. The van der Waals surface area contributed by atoms with Crippen LogP contribution in [0.25, 0.3) is 10.9 Å². The number of fused-ring (bicyclic) bond motifs is 1. The summed E-state index contributed by atoms with van der Waals surface area (Å²) in [6.07, 6.45) is 1.33. The van der Waals surface area contributed by atoms with Crippen LogP contribution in [-0.2, 0) is 4.57 Å². The molecular weight excluding hydrogens is 481 g/mol. The number of phosphoric acid groups is 1. The summed E-state index contributed by atoms with van der Waals surface area (Å²) in [5, 5.41) is 0.538. The van der Waals surface area contributed by atoms with E-state index in [1.165, 1.54) is 17.3 Å². The third-order valence-corrected chi connectivity index (χ3v) is 4.97. The molecule has 0 radical (unpaired) electrons. The maximum atomic E-state index is 10.5. The van der Waals surface area contributed by atoms with E-state index < -0.39 is 7.82 Å². The molecule has 0 aliphatic heterocycles. The first-order valence-corrected chi connectivity index (χ1v) is 11.5. The molecular formula is C22H25BrN3O4P. The first-order valence-electron chi connectivity index (χ1n) is 9.29. The number of aromatic amines is 1. The Morgan fingerprint density at radius 1 is 0.871 bits per heavy atom. The highest BCUT2D eigenvalue weighted by Crippen LogP contribution is 2.35. The zero-order chi connectivity index (χ0) is 23.0. The molecule has 0 aliphatic rings. The van der Waals surface area contributed by atoms with Gasteiger partial charge in [-0.3, -0.25) is 0 Å². The van der Waals surface area contributed by atoms with Crippen molar-refractivity contribution in [3.63, 3.8) is 0 Å². The van der Waals surface area contributed by atoms with Crippen LogP contribution >= 0.6 is 23.8 Å². The van der Waals surface area contributed by atoms with Gasteiger partial charge in [0.15, 0.2) is 0 Å². The van der Waals surface area contributed by atoms with Crippen molar-refractivity contribution in [1.82, 2.24) is 4.98 Å². The van der Waals surface area contributed by atoms with Gasteiger partial charge in [0, 0.05) is 21.6 Å². The van der Waals surface area contributed by atoms with E-state index >= 15 is 0 Å². The summed E-state index contributed by atoms with van der Waals surface area (Å²) in [6, 6.07) is 21.5. The van der Waals surface area contributed by atoms with Crippen LogP contribution in [0.4, 0.5) is 11.4 Å². The maximum Gasteiger partial charge on any atom is 0.149 e. The zero-order valence-electron chi connectivity index (χ0n) is 17.3. The Balaban J connectivity index is 0.000000181. The quantitative estimate of drug-likeness (QED) is 0.359. The standard InChI is InChI=1S/C8H7BrNO4P.2C7H9N/c9-5-1-2-7-6(3-5)8(4-10-7)14-15(11,12)13;2*1-6-2-4-7(8)5-3-6/h1-4,10H,(H2,11,12,13);2*2-5H,8H2,1H3. The lowest BCUT2D eigenvalue weighted by Crippen LogP contribution is -2.39. The van der Waals surface area contributed by atoms with E-state index in [1.807, 2.05) is 24.3 Å². The molecule has 4 aromatic rings. The fourth-order valence-corrected chi connectivity index (χ4v) is 3.19. The normalized spacial score (nSPS) is 10.5. The molecule has 0 unspecified atom stereocenters. The monoisotopic (exact) mass is 505 g/mol. The molecule has 9 heteroatoms. The molecule has 7 N–H and O–H groups in total. The lowest BCUT2D eigenvalue weighted by atomic mass is 10.2. The molecule has 7 nitrogen and oxygen atoms in total. The lowest BCUT2D eigenvalue weighted by Gasteiger charge is -2.28. The lowest BCUT2D eigenvalue weighted by molar-refractivity contribution is -0.333. The average molecular weight is 506 g/mol. The SMILES string of the molecule is Cc1ccc([NH3+])cc1.Cc1ccc([NH3+])cc1.O=P([O-])([O-])Oc1c[nH]c2ccc(Br)cc12. The highest BCUT2D eigenvalue weighted by Gasteiger charge is 2.06. The molecule has 0 aliphatic carbocycles. The van der Waals surface area contributed by atoms with E-state index in [0.29, 0.717) is 10.9 Å². The second kappa shape index (κ2) is 11.2. The minimum atomic E-state index is -5.01. The third kappa shape index (κ3) is 9.06. The molecule has 31 heavy (non-hydrogen) atoms. The van der Waals surface area contributed by atoms with Gasteiger partial charge in [-0.05, 0) is 56.3 Å². The van der Waals surface area contributed by atoms with Gasteiger partial charge in [-0.15, -0.1) is 0 Å². The highest BCUT2D eigenvalue weighted by atomic mass is 79.9. The zero-order valence-corrected chi connectivity index (χ0v) is 19.8. The van der Waals surface area contributed by atoms with Crippen LogP contribution < -0.4 is 25.8 Å². The highest BCUT2D eigenvalue weighted by molar-refractivity contribution is 9.10. The van der Waals surface area contributed by atoms with Gasteiger partial charge >= 0.3 is 0 Å². The Kier molecular flexibility index (Phi) is 9.00. The second-order valence-corrected chi connectivity index (χ2v) is 8.85. The number of quaternary nitrogens is 2. The van der Waals surface area contributed by atoms with Crippen LogP contribution in [0.15, 0.2) is 77.4 Å². The van der Waals surface area contributed by atoms with E-state index in [4.69, 9.17) is 0 Å². The number of rotatable bonds is 2. The van der Waals surface area contributed by atoms with Crippen molar-refractivity contribution in [3.8, 4) is 5.75 Å². The molecule has 1 aromatic heterocycles. The Morgan fingerprint density at radius 2 is 1.35 bits per heavy atom. The van der Waals surface area contributed by atoms with Crippen molar-refractivity contribution in [2.45, 2.75) is 13.8 Å². The molecule has 0 spiro atoms. The van der Waals surface area contributed by atoms with Crippen LogP contribution in [0.1, 0.15) is 11.1 Å². The summed E-state index contributed by atoms with van der Waals surface area (Å²) in [6.45, 7) is 4.14. The van der Waals surface area contributed by atoms with Gasteiger partial charge < -0.3 is 35.3 Å². The fourth-order valence-electron chi connectivity index (χ4n) is 2.44. The Hall–Kier alpha value is -2.45. The van der Waals surface area contributed by atoms with Gasteiger partial charge in [0.25, 0.3) is 0 Å². The topological polar surface area (TPSA) is 143 Å². The van der Waals surface area contributed by atoms with Crippen LogP contribution in [0, 0.1) is 13.8 Å². The molecule has 0 amide bonds. The van der Waals surface area contributed by atoms with Crippen LogP contribution in [0.3, 0.4) is 0 Å². The second-order valence-electron chi connectivity index (χ2n) is 6.85. The van der Waals surface area contributed by atoms with Gasteiger partial charge in [0.1, 0.15) is 24.9 Å². The van der Waals surface area contributed by atoms with Crippen molar-refractivity contribution < 1.29 is 30.3 Å². The minimum Gasteiger partial charge on any atom is -0.780 e. The number of nitrogens with one attached hydrogen (secondary N) is 1. The van der Waals surface area contributed by atoms with Crippen molar-refractivity contribution in [1.29, 1.82) is 0 Å². The number of halogens is 1. The Morgan fingerprint density at radius 3 is 1.77 bits per heavy atom. The van der Waals surface area contributed by atoms with Crippen LogP contribution in [0.5, 0.6) is 5.75 Å². The number of H-pyrrole nitrogens is 1. The molecule has 3 aromatic carbocycles. The molecule has 0 fully saturated rings. The third-order valence-electron chi connectivity index (χ3n) is 4.06. The number of hydrogen-bond donors (Lipinski definition) is 3. The summed E-state index contributed by atoms with van der Waals surface area (Å²) in [5.41, 5.74) is 13.0. The molecule has 0 saturated heterocycles. The largest absolute Gasteiger partial charge is 0.780 e. The van der Waals surface area contributed by atoms with Crippen molar-refractivity contribution >= 4 is 46.0 Å². The molecule has 0 bridgehead atoms. The number of hydrogen-bond acceptors (Lipinski definition) is 4. The average Bonchev–Trinajstić information content (AvgIpc) is 3.08. The van der Waals surface area contributed by atoms with Crippen molar-refractivity contribution in [2.24, 2.45) is 0 Å². The van der Waals surface area contributed by atoms with E-state index in [0.717, 1.165) is 15.8 Å². The molecule has 1 heterocycles. The molecule has 4 rings (SSSR count). The van der Waals surface area contributed by atoms with Gasteiger partial charge in [-0.2, -0.15) is 0 Å². The van der Waals surface area contributed by atoms with E-state index in [-0.39, 0.29) is 5.75 Å². The van der Waals surface area contributed by atoms with Gasteiger partial charge in [0.05, 0.1) is 0 Å². The fraction of sp³-hybridized carbons (Fsp3) is 0.0909. The van der Waals surface area contributed by atoms with E-state index in [2.05, 4.69) is 75.0 Å². The van der Waals surface area contributed by atoms with Gasteiger partial charge in [-0.1, -0.05) is 51.3 Å². The van der Waals surface area contributed by atoms with E-state index in [1.54, 1.807) is 18.2 Å². The van der Waals surface area contributed by atoms with E-state index in [9.17, 15) is 14.4 Å². The predicted molar refractivity (Wildman–Crippen MR) is 122 cm³/mol. The molecule has 0 saturated carbocycles. The van der Waals surface area contributed by atoms with Crippen molar-refractivity contribution in [2.75, 3.05) is 0 Å². The number of aromatic nitrogens is 1. The smallest absolute Gasteiger partial charge is 0.149 e. The van der Waals surface area contributed by atoms with Crippen LogP contribution in [0.2, 0.25) is 0 Å². The summed E-state index contributed by atoms with van der Waals surface area (Å²) in [5.74, 6) is 0.0135. The first kappa shape index (κ1) is 24.8. The minimum absolute atomic E-state index is 0.0135. The summed E-state index contributed by atoms with van der Waals surface area (Å²) < 4.78 is 15.5. The summed E-state index contributed by atoms with van der Waals surface area (Å²) in [7, 11) is -5.01. The summed E-state index contributed by atoms with van der Waals surface area (Å²) >= 11 is 3.24.